The molecule has 0 saturated heterocycles. The Morgan fingerprint density at radius 1 is 0.912 bits per heavy atom. The summed E-state index contributed by atoms with van der Waals surface area (Å²) in [7, 11) is -2.14. The van der Waals surface area contributed by atoms with Gasteiger partial charge in [0, 0.05) is 19.2 Å². The number of sulfonamides is 1. The molecule has 0 aliphatic heterocycles. The zero-order chi connectivity index (χ0) is 25.4. The fourth-order valence-corrected chi connectivity index (χ4v) is 4.92. The average molecular weight is 493 g/mol. The molecule has 0 saturated carbocycles. The Morgan fingerprint density at radius 3 is 1.91 bits per heavy atom. The van der Waals surface area contributed by atoms with Crippen molar-refractivity contribution in [1.29, 1.82) is 0 Å². The molecule has 0 heterocycles. The van der Waals surface area contributed by atoms with E-state index >= 15 is 0 Å². The van der Waals surface area contributed by atoms with Crippen molar-refractivity contribution in [2.45, 2.75) is 115 Å². The van der Waals surface area contributed by atoms with Crippen LogP contribution in [-0.4, -0.2) is 21.4 Å². The molecule has 5 nitrogen and oxygen atoms in total. The highest BCUT2D eigenvalue weighted by Crippen LogP contribution is 2.28. The normalized spacial score (nSPS) is 11.7. The van der Waals surface area contributed by atoms with Gasteiger partial charge in [-0.1, -0.05) is 109 Å². The standard InChI is InChI=1S/C28H48N2O3S/c1-5-7-9-11-13-15-18-25(19-16-14-12-10-8-6-2)24(3)22-28(31)30(4)26-20-17-21-27(23-26)34(29,32)33/h17,20-21,23,25H,3,5-16,18-19,22H2,1-2,4H3,(H2,29,32,33). The van der Waals surface area contributed by atoms with Gasteiger partial charge in [-0.2, -0.15) is 0 Å². The quantitative estimate of drug-likeness (QED) is 0.162. The molecule has 6 heteroatoms. The monoisotopic (exact) mass is 492 g/mol. The molecule has 2 N–H and O–H groups in total. The molecule has 1 amide bonds. The first-order valence-corrected chi connectivity index (χ1v) is 14.8. The topological polar surface area (TPSA) is 80.5 Å². The van der Waals surface area contributed by atoms with Crippen molar-refractivity contribution in [2.24, 2.45) is 11.1 Å². The largest absolute Gasteiger partial charge is 0.315 e. The third-order valence-corrected chi connectivity index (χ3v) is 7.59. The first-order valence-electron chi connectivity index (χ1n) is 13.3. The van der Waals surface area contributed by atoms with Crippen molar-refractivity contribution < 1.29 is 13.2 Å². The lowest BCUT2D eigenvalue weighted by Crippen LogP contribution is -2.27. The highest BCUT2D eigenvalue weighted by molar-refractivity contribution is 7.89. The number of nitrogens with two attached hydrogens (primary N) is 1. The molecular weight excluding hydrogens is 444 g/mol. The Morgan fingerprint density at radius 2 is 1.41 bits per heavy atom. The summed E-state index contributed by atoms with van der Waals surface area (Å²) in [5, 5.41) is 5.25. The lowest BCUT2D eigenvalue weighted by molar-refractivity contribution is -0.117. The van der Waals surface area contributed by atoms with Gasteiger partial charge in [-0.3, -0.25) is 4.79 Å². The van der Waals surface area contributed by atoms with Crippen LogP contribution in [0.5, 0.6) is 0 Å². The Hall–Kier alpha value is -1.66. The molecule has 1 aromatic carbocycles. The molecule has 1 aromatic rings. The van der Waals surface area contributed by atoms with E-state index in [9.17, 15) is 13.2 Å². The van der Waals surface area contributed by atoms with Crippen molar-refractivity contribution in [1.82, 2.24) is 0 Å². The first kappa shape index (κ1) is 30.4. The van der Waals surface area contributed by atoms with Crippen LogP contribution in [0.4, 0.5) is 5.69 Å². The van der Waals surface area contributed by atoms with Gasteiger partial charge in [0.1, 0.15) is 0 Å². The number of benzene rings is 1. The number of hydrogen-bond donors (Lipinski definition) is 1. The van der Waals surface area contributed by atoms with Gasteiger partial charge in [0.05, 0.1) is 4.90 Å². The summed E-state index contributed by atoms with van der Waals surface area (Å²) in [4.78, 5) is 14.5. The highest BCUT2D eigenvalue weighted by atomic mass is 32.2. The molecule has 0 unspecified atom stereocenters. The van der Waals surface area contributed by atoms with Gasteiger partial charge in [-0.25, -0.2) is 13.6 Å². The predicted molar refractivity (Wildman–Crippen MR) is 144 cm³/mol. The molecule has 0 aliphatic rings. The van der Waals surface area contributed by atoms with Gasteiger partial charge in [0.15, 0.2) is 0 Å². The number of primary sulfonamides is 1. The molecule has 0 fully saturated rings. The molecule has 0 spiro atoms. The van der Waals surface area contributed by atoms with Gasteiger partial charge >= 0.3 is 0 Å². The van der Waals surface area contributed by atoms with Crippen LogP contribution < -0.4 is 10.0 Å². The predicted octanol–water partition coefficient (Wildman–Crippen LogP) is 7.36. The number of carbonyl (C=O) groups excluding carboxylic acids is 1. The van der Waals surface area contributed by atoms with Crippen molar-refractivity contribution >= 4 is 21.6 Å². The van der Waals surface area contributed by atoms with E-state index < -0.39 is 10.0 Å². The van der Waals surface area contributed by atoms with Crippen LogP contribution in [0, 0.1) is 5.92 Å². The Balaban J connectivity index is 2.69. The second kappa shape index (κ2) is 16.9. The van der Waals surface area contributed by atoms with E-state index in [-0.39, 0.29) is 17.2 Å². The van der Waals surface area contributed by atoms with E-state index in [2.05, 4.69) is 20.4 Å². The summed E-state index contributed by atoms with van der Waals surface area (Å²) >= 11 is 0. The molecule has 1 rings (SSSR count). The lowest BCUT2D eigenvalue weighted by Gasteiger charge is -2.23. The van der Waals surface area contributed by atoms with Crippen molar-refractivity contribution in [3.05, 3.63) is 36.4 Å². The smallest absolute Gasteiger partial charge is 0.238 e. The van der Waals surface area contributed by atoms with Gasteiger partial charge in [-0.15, -0.1) is 0 Å². The van der Waals surface area contributed by atoms with Crippen LogP contribution in [0.15, 0.2) is 41.3 Å². The summed E-state index contributed by atoms with van der Waals surface area (Å²) in [6.45, 7) is 8.79. The van der Waals surface area contributed by atoms with Gasteiger partial charge in [0.25, 0.3) is 0 Å². The van der Waals surface area contributed by atoms with Crippen molar-refractivity contribution in [3.8, 4) is 0 Å². The minimum absolute atomic E-state index is 0.00694. The third kappa shape index (κ3) is 12.2. The highest BCUT2D eigenvalue weighted by Gasteiger charge is 2.19. The molecule has 194 valence electrons. The average Bonchev–Trinajstić information content (AvgIpc) is 2.80. The van der Waals surface area contributed by atoms with Crippen LogP contribution >= 0.6 is 0 Å². The molecule has 0 atom stereocenters. The third-order valence-electron chi connectivity index (χ3n) is 6.68. The van der Waals surface area contributed by atoms with Crippen molar-refractivity contribution in [3.63, 3.8) is 0 Å². The maximum absolute atomic E-state index is 13.0. The first-order chi connectivity index (χ1) is 16.2. The molecule has 0 radical (unpaired) electrons. The second-order valence-electron chi connectivity index (χ2n) is 9.64. The number of anilines is 1. The van der Waals surface area contributed by atoms with E-state index in [0.29, 0.717) is 11.6 Å². The van der Waals surface area contributed by atoms with Crippen molar-refractivity contribution in [2.75, 3.05) is 11.9 Å². The summed E-state index contributed by atoms with van der Waals surface area (Å²) in [5.74, 6) is 0.290. The number of rotatable bonds is 19. The summed E-state index contributed by atoms with van der Waals surface area (Å²) in [6.07, 6.45) is 17.6. The van der Waals surface area contributed by atoms with E-state index in [1.807, 2.05) is 0 Å². The van der Waals surface area contributed by atoms with Gasteiger partial charge < -0.3 is 4.90 Å². The molecule has 0 aromatic heterocycles. The Bertz CT molecular complexity index is 820. The number of carbonyl (C=O) groups is 1. The molecule has 0 aliphatic carbocycles. The fraction of sp³-hybridized carbons (Fsp3) is 0.679. The van der Waals surface area contributed by atoms with Gasteiger partial charge in [0.2, 0.25) is 15.9 Å². The van der Waals surface area contributed by atoms with Gasteiger partial charge in [-0.05, 0) is 37.0 Å². The zero-order valence-corrected chi connectivity index (χ0v) is 22.7. The Labute approximate surface area is 209 Å². The summed E-state index contributed by atoms with van der Waals surface area (Å²) in [5.41, 5.74) is 1.52. The van der Waals surface area contributed by atoms with Crippen LogP contribution in [-0.2, 0) is 14.8 Å². The van der Waals surface area contributed by atoms with Crippen LogP contribution in [0.25, 0.3) is 0 Å². The number of unbranched alkanes of at least 4 members (excludes halogenated alkanes) is 10. The number of amides is 1. The molecular formula is C28H48N2O3S. The molecule has 34 heavy (non-hydrogen) atoms. The zero-order valence-electron chi connectivity index (χ0n) is 21.9. The SMILES string of the molecule is C=C(CC(=O)N(C)c1cccc(S(N)(=O)=O)c1)C(CCCCCCCC)CCCCCCCC. The fourth-order valence-electron chi connectivity index (χ4n) is 4.36. The summed E-state index contributed by atoms with van der Waals surface area (Å²) < 4.78 is 23.3. The Kier molecular flexibility index (Phi) is 15.1. The maximum Gasteiger partial charge on any atom is 0.238 e. The van der Waals surface area contributed by atoms with Crippen LogP contribution in [0.2, 0.25) is 0 Å². The summed E-state index contributed by atoms with van der Waals surface area (Å²) in [6, 6.07) is 6.21. The number of hydrogen-bond acceptors (Lipinski definition) is 3. The minimum atomic E-state index is -3.81. The minimum Gasteiger partial charge on any atom is -0.315 e. The number of nitrogens with zero attached hydrogens (tertiary/aromatic N) is 1. The second-order valence-corrected chi connectivity index (χ2v) is 11.2. The van der Waals surface area contributed by atoms with E-state index in [1.165, 1.54) is 94.1 Å². The van der Waals surface area contributed by atoms with Crippen LogP contribution in [0.1, 0.15) is 110 Å². The van der Waals surface area contributed by atoms with E-state index in [0.717, 1.165) is 18.4 Å². The lowest BCUT2D eigenvalue weighted by atomic mass is 9.86. The van der Waals surface area contributed by atoms with Crippen LogP contribution in [0.3, 0.4) is 0 Å². The van der Waals surface area contributed by atoms with E-state index in [4.69, 9.17) is 5.14 Å². The maximum atomic E-state index is 13.0. The van der Waals surface area contributed by atoms with E-state index in [1.54, 1.807) is 19.2 Å². The molecule has 0 bridgehead atoms.